The standard InChI is InChI=1S/C22H26N2O3S/c1-4-24(15-14-17-8-6-5-7-9-17)22(28)23-21(25)13-11-18-10-12-19(26-2)20(16-18)27-3/h5-13,16H,4,14-15H2,1-3H3,(H,23,25,28)/b13-11+. The van der Waals surface area contributed by atoms with Gasteiger partial charge in [0.2, 0.25) is 5.91 Å². The van der Waals surface area contributed by atoms with Crippen LogP contribution in [0, 0.1) is 0 Å². The summed E-state index contributed by atoms with van der Waals surface area (Å²) < 4.78 is 10.5. The number of rotatable bonds is 8. The number of carbonyl (C=O) groups is 1. The fourth-order valence-electron chi connectivity index (χ4n) is 2.67. The van der Waals surface area contributed by atoms with Crippen molar-refractivity contribution in [2.24, 2.45) is 0 Å². The highest BCUT2D eigenvalue weighted by Crippen LogP contribution is 2.27. The fraction of sp³-hybridized carbons (Fsp3) is 0.273. The number of methoxy groups -OCH3 is 2. The molecule has 0 saturated carbocycles. The Labute approximate surface area is 172 Å². The number of hydrogen-bond acceptors (Lipinski definition) is 4. The summed E-state index contributed by atoms with van der Waals surface area (Å²) >= 11 is 5.39. The largest absolute Gasteiger partial charge is 0.493 e. The zero-order valence-electron chi connectivity index (χ0n) is 16.5. The number of nitrogens with one attached hydrogen (secondary N) is 1. The predicted molar refractivity (Wildman–Crippen MR) is 117 cm³/mol. The highest BCUT2D eigenvalue weighted by atomic mass is 32.1. The summed E-state index contributed by atoms with van der Waals surface area (Å²) in [6.07, 6.45) is 4.03. The van der Waals surface area contributed by atoms with E-state index in [1.54, 1.807) is 32.4 Å². The molecule has 0 radical (unpaired) electrons. The summed E-state index contributed by atoms with van der Waals surface area (Å²) in [5, 5.41) is 3.20. The minimum atomic E-state index is -0.266. The average Bonchev–Trinajstić information content (AvgIpc) is 2.73. The molecule has 0 bridgehead atoms. The van der Waals surface area contributed by atoms with Gasteiger partial charge in [-0.1, -0.05) is 36.4 Å². The number of nitrogens with zero attached hydrogens (tertiary/aromatic N) is 1. The van der Waals surface area contributed by atoms with Crippen molar-refractivity contribution in [1.29, 1.82) is 0 Å². The Balaban J connectivity index is 1.91. The Bertz CT molecular complexity index is 822. The maximum atomic E-state index is 12.2. The molecule has 0 aliphatic carbocycles. The highest BCUT2D eigenvalue weighted by molar-refractivity contribution is 7.80. The molecule has 5 nitrogen and oxygen atoms in total. The molecule has 0 unspecified atom stereocenters. The Hall–Kier alpha value is -2.86. The number of likely N-dealkylation sites (N-methyl/N-ethyl adjacent to an activating group) is 1. The molecule has 0 heterocycles. The normalized spacial score (nSPS) is 10.5. The monoisotopic (exact) mass is 398 g/mol. The second kappa shape index (κ2) is 11.1. The van der Waals surface area contributed by atoms with Crippen LogP contribution in [-0.2, 0) is 11.2 Å². The van der Waals surface area contributed by atoms with Crippen molar-refractivity contribution in [1.82, 2.24) is 10.2 Å². The van der Waals surface area contributed by atoms with Gasteiger partial charge in [0.05, 0.1) is 14.2 Å². The number of thiocarbonyl (C=S) groups is 1. The summed E-state index contributed by atoms with van der Waals surface area (Å²) in [6, 6.07) is 15.7. The van der Waals surface area contributed by atoms with Gasteiger partial charge in [-0.2, -0.15) is 0 Å². The SMILES string of the molecule is CCN(CCc1ccccc1)C(=S)NC(=O)/C=C/c1ccc(OC)c(OC)c1. The number of benzene rings is 2. The third-order valence-corrected chi connectivity index (χ3v) is 4.61. The first-order valence-electron chi connectivity index (χ1n) is 9.11. The molecule has 0 spiro atoms. The quantitative estimate of drug-likeness (QED) is 0.543. The lowest BCUT2D eigenvalue weighted by Gasteiger charge is -2.23. The summed E-state index contributed by atoms with van der Waals surface area (Å²) in [4.78, 5) is 14.2. The summed E-state index contributed by atoms with van der Waals surface area (Å²) in [5.41, 5.74) is 2.07. The summed E-state index contributed by atoms with van der Waals surface area (Å²) in [5.74, 6) is 0.985. The van der Waals surface area contributed by atoms with E-state index in [0.29, 0.717) is 16.6 Å². The molecule has 0 aromatic heterocycles. The zero-order valence-corrected chi connectivity index (χ0v) is 17.3. The van der Waals surface area contributed by atoms with Crippen molar-refractivity contribution in [3.05, 3.63) is 65.7 Å². The van der Waals surface area contributed by atoms with E-state index in [1.807, 2.05) is 36.1 Å². The average molecular weight is 399 g/mol. The van der Waals surface area contributed by atoms with Gasteiger partial charge in [-0.25, -0.2) is 0 Å². The van der Waals surface area contributed by atoms with Crippen LogP contribution in [0.15, 0.2) is 54.6 Å². The van der Waals surface area contributed by atoms with Gasteiger partial charge in [0, 0.05) is 19.2 Å². The number of ether oxygens (including phenoxy) is 2. The molecule has 1 amide bonds. The Morgan fingerprint density at radius 3 is 2.46 bits per heavy atom. The third kappa shape index (κ3) is 6.39. The molecular weight excluding hydrogens is 372 g/mol. The van der Waals surface area contributed by atoms with Crippen LogP contribution in [0.25, 0.3) is 6.08 Å². The van der Waals surface area contributed by atoms with Crippen LogP contribution in [0.2, 0.25) is 0 Å². The van der Waals surface area contributed by atoms with Gasteiger partial charge in [-0.15, -0.1) is 0 Å². The van der Waals surface area contributed by atoms with Crippen LogP contribution >= 0.6 is 12.2 Å². The number of amides is 1. The lowest BCUT2D eigenvalue weighted by Crippen LogP contribution is -2.42. The van der Waals surface area contributed by atoms with Crippen molar-refractivity contribution in [2.45, 2.75) is 13.3 Å². The van der Waals surface area contributed by atoms with Crippen LogP contribution in [0.5, 0.6) is 11.5 Å². The topological polar surface area (TPSA) is 50.8 Å². The molecule has 0 fully saturated rings. The summed E-state index contributed by atoms with van der Waals surface area (Å²) in [6.45, 7) is 3.49. The van der Waals surface area contributed by atoms with E-state index >= 15 is 0 Å². The molecule has 0 aliphatic rings. The van der Waals surface area contributed by atoms with E-state index in [9.17, 15) is 4.79 Å². The molecule has 0 aliphatic heterocycles. The predicted octanol–water partition coefficient (Wildman–Crippen LogP) is 3.68. The minimum Gasteiger partial charge on any atom is -0.493 e. The van der Waals surface area contributed by atoms with Gasteiger partial charge in [0.1, 0.15) is 0 Å². The summed E-state index contributed by atoms with van der Waals surface area (Å²) in [7, 11) is 3.16. The Kier molecular flexibility index (Phi) is 8.49. The van der Waals surface area contributed by atoms with Crippen molar-refractivity contribution in [2.75, 3.05) is 27.3 Å². The maximum absolute atomic E-state index is 12.2. The number of hydrogen-bond donors (Lipinski definition) is 1. The van der Waals surface area contributed by atoms with E-state index in [2.05, 4.69) is 17.4 Å². The Morgan fingerprint density at radius 1 is 1.11 bits per heavy atom. The first kappa shape index (κ1) is 21.4. The molecule has 2 aromatic carbocycles. The first-order chi connectivity index (χ1) is 13.6. The smallest absolute Gasteiger partial charge is 0.250 e. The molecule has 2 rings (SSSR count). The molecular formula is C22H26N2O3S. The Morgan fingerprint density at radius 2 is 1.82 bits per heavy atom. The van der Waals surface area contributed by atoms with Crippen LogP contribution in [-0.4, -0.2) is 43.2 Å². The van der Waals surface area contributed by atoms with Gasteiger partial charge in [0.25, 0.3) is 0 Å². The maximum Gasteiger partial charge on any atom is 0.250 e. The fourth-order valence-corrected chi connectivity index (χ4v) is 2.99. The number of carbonyl (C=O) groups excluding carboxylic acids is 1. The second-order valence-corrected chi connectivity index (χ2v) is 6.44. The van der Waals surface area contributed by atoms with Crippen LogP contribution in [0.1, 0.15) is 18.1 Å². The zero-order chi connectivity index (χ0) is 20.4. The van der Waals surface area contributed by atoms with Crippen molar-refractivity contribution in [3.63, 3.8) is 0 Å². The van der Waals surface area contributed by atoms with E-state index in [1.165, 1.54) is 11.6 Å². The second-order valence-electron chi connectivity index (χ2n) is 6.06. The van der Waals surface area contributed by atoms with E-state index in [4.69, 9.17) is 21.7 Å². The van der Waals surface area contributed by atoms with Crippen molar-refractivity contribution < 1.29 is 14.3 Å². The van der Waals surface area contributed by atoms with Crippen LogP contribution in [0.3, 0.4) is 0 Å². The third-order valence-electron chi connectivity index (χ3n) is 4.25. The van der Waals surface area contributed by atoms with Gasteiger partial charge in [-0.05, 0) is 54.9 Å². The molecule has 28 heavy (non-hydrogen) atoms. The van der Waals surface area contributed by atoms with Crippen molar-refractivity contribution >= 4 is 29.3 Å². The van der Waals surface area contributed by atoms with Crippen molar-refractivity contribution in [3.8, 4) is 11.5 Å². The van der Waals surface area contributed by atoms with E-state index in [-0.39, 0.29) is 5.91 Å². The molecule has 1 N–H and O–H groups in total. The lowest BCUT2D eigenvalue weighted by atomic mass is 10.1. The van der Waals surface area contributed by atoms with Gasteiger partial charge in [-0.3, -0.25) is 10.1 Å². The molecule has 0 saturated heterocycles. The lowest BCUT2D eigenvalue weighted by molar-refractivity contribution is -0.115. The van der Waals surface area contributed by atoms with Gasteiger partial charge >= 0.3 is 0 Å². The highest BCUT2D eigenvalue weighted by Gasteiger charge is 2.10. The molecule has 0 atom stereocenters. The van der Waals surface area contributed by atoms with Gasteiger partial charge in [0.15, 0.2) is 16.6 Å². The molecule has 6 heteroatoms. The molecule has 148 valence electrons. The van der Waals surface area contributed by atoms with Crippen LogP contribution < -0.4 is 14.8 Å². The molecule has 2 aromatic rings. The van der Waals surface area contributed by atoms with Crippen LogP contribution in [0.4, 0.5) is 0 Å². The van der Waals surface area contributed by atoms with E-state index < -0.39 is 0 Å². The van der Waals surface area contributed by atoms with E-state index in [0.717, 1.165) is 25.1 Å². The first-order valence-corrected chi connectivity index (χ1v) is 9.52. The van der Waals surface area contributed by atoms with Gasteiger partial charge < -0.3 is 14.4 Å². The minimum absolute atomic E-state index is 0.266.